The van der Waals surface area contributed by atoms with Crippen molar-refractivity contribution in [3.05, 3.63) is 58.7 Å². The zero-order valence-corrected chi connectivity index (χ0v) is 21.9. The van der Waals surface area contributed by atoms with Gasteiger partial charge in [0.2, 0.25) is 15.9 Å². The second-order valence-electron chi connectivity index (χ2n) is 10.2. The molecule has 2 aliphatic heterocycles. The van der Waals surface area contributed by atoms with E-state index in [-0.39, 0.29) is 17.6 Å². The Balaban J connectivity index is 1.62. The van der Waals surface area contributed by atoms with Crippen LogP contribution in [0.25, 0.3) is 11.1 Å². The summed E-state index contributed by atoms with van der Waals surface area (Å²) in [4.78, 5) is 14.5. The molecule has 2 aromatic carbocycles. The van der Waals surface area contributed by atoms with E-state index in [0.717, 1.165) is 30.0 Å². The molecule has 11 heteroatoms. The number of likely N-dealkylation sites (tertiary alicyclic amines) is 1. The summed E-state index contributed by atoms with van der Waals surface area (Å²) in [5.74, 6) is -0.889. The molecular formula is C26H32F3N3O4S. The molecule has 0 spiro atoms. The normalized spacial score (nSPS) is 22.7. The number of carbonyl (C=O) groups excluding carboxylic acids is 1. The maximum Gasteiger partial charge on any atom is 0.421 e. The summed E-state index contributed by atoms with van der Waals surface area (Å²) < 4.78 is 66.1. The molecule has 37 heavy (non-hydrogen) atoms. The first kappa shape index (κ1) is 27.6. The number of nitrogens with two attached hydrogens (primary N) is 1. The summed E-state index contributed by atoms with van der Waals surface area (Å²) in [6, 6.07) is 9.27. The van der Waals surface area contributed by atoms with Gasteiger partial charge in [-0.1, -0.05) is 37.3 Å². The van der Waals surface area contributed by atoms with Crippen LogP contribution in [0.1, 0.15) is 53.7 Å². The highest BCUT2D eigenvalue weighted by Gasteiger charge is 2.51. The first-order valence-corrected chi connectivity index (χ1v) is 14.0. The molecule has 0 saturated carbocycles. The Hall–Kier alpha value is -2.47. The van der Waals surface area contributed by atoms with E-state index in [9.17, 15) is 31.5 Å². The third-order valence-corrected chi connectivity index (χ3v) is 8.88. The van der Waals surface area contributed by atoms with Crippen LogP contribution in [0.15, 0.2) is 36.4 Å². The zero-order chi connectivity index (χ0) is 27.3. The lowest BCUT2D eigenvalue weighted by molar-refractivity contribution is -0.258. The number of nitrogens with zero attached hydrogens (tertiary/aromatic N) is 2. The first-order chi connectivity index (χ1) is 17.1. The van der Waals surface area contributed by atoms with Crippen LogP contribution >= 0.6 is 0 Å². The maximum absolute atomic E-state index is 13.4. The quantitative estimate of drug-likeness (QED) is 0.562. The third kappa shape index (κ3) is 5.27. The zero-order valence-electron chi connectivity index (χ0n) is 21.0. The maximum atomic E-state index is 13.4. The van der Waals surface area contributed by atoms with E-state index < -0.39 is 33.3 Å². The average molecular weight is 540 g/mol. The van der Waals surface area contributed by atoms with Crippen LogP contribution in [-0.4, -0.2) is 66.2 Å². The largest absolute Gasteiger partial charge is 0.421 e. The molecule has 2 fully saturated rings. The molecule has 2 aromatic rings. The minimum absolute atomic E-state index is 0.0239. The predicted molar refractivity (Wildman–Crippen MR) is 134 cm³/mol. The van der Waals surface area contributed by atoms with E-state index in [1.165, 1.54) is 18.4 Å². The van der Waals surface area contributed by atoms with E-state index in [2.05, 4.69) is 4.90 Å². The van der Waals surface area contributed by atoms with E-state index in [4.69, 9.17) is 5.73 Å². The molecule has 3 unspecified atom stereocenters. The van der Waals surface area contributed by atoms with Crippen LogP contribution in [-0.2, 0) is 28.6 Å². The van der Waals surface area contributed by atoms with Crippen molar-refractivity contribution in [2.24, 2.45) is 5.73 Å². The molecule has 2 heterocycles. The average Bonchev–Trinajstić information content (AvgIpc) is 3.09. The van der Waals surface area contributed by atoms with Gasteiger partial charge in [-0.2, -0.15) is 17.5 Å². The van der Waals surface area contributed by atoms with Gasteiger partial charge in [-0.25, -0.2) is 8.42 Å². The van der Waals surface area contributed by atoms with Crippen molar-refractivity contribution in [3.8, 4) is 11.1 Å². The number of benzene rings is 2. The molecule has 202 valence electrons. The number of hydrogen-bond donors (Lipinski definition) is 2. The second-order valence-corrected chi connectivity index (χ2v) is 12.1. The predicted octanol–water partition coefficient (Wildman–Crippen LogP) is 3.39. The fraction of sp³-hybridized carbons (Fsp3) is 0.500. The highest BCUT2D eigenvalue weighted by molar-refractivity contribution is 7.88. The number of primary amides is 1. The number of rotatable bonds is 7. The highest BCUT2D eigenvalue weighted by atomic mass is 32.2. The molecule has 1 amide bonds. The van der Waals surface area contributed by atoms with Gasteiger partial charge in [0, 0.05) is 37.3 Å². The highest BCUT2D eigenvalue weighted by Crippen LogP contribution is 2.40. The van der Waals surface area contributed by atoms with Crippen molar-refractivity contribution in [1.29, 1.82) is 0 Å². The number of aryl methyl sites for hydroxylation is 1. The van der Waals surface area contributed by atoms with Crippen molar-refractivity contribution < 1.29 is 31.5 Å². The molecule has 3 atom stereocenters. The van der Waals surface area contributed by atoms with Gasteiger partial charge >= 0.3 is 6.18 Å². The van der Waals surface area contributed by atoms with E-state index in [0.29, 0.717) is 44.1 Å². The Bertz CT molecular complexity index is 1300. The summed E-state index contributed by atoms with van der Waals surface area (Å²) in [5.41, 5.74) is 4.84. The summed E-state index contributed by atoms with van der Waals surface area (Å²) in [6.07, 6.45) is -1.36. The Labute approximate surface area is 215 Å². The van der Waals surface area contributed by atoms with Crippen LogP contribution in [0.2, 0.25) is 0 Å². The molecule has 4 rings (SSSR count). The van der Waals surface area contributed by atoms with E-state index in [1.807, 2.05) is 25.1 Å². The minimum atomic E-state index is -4.92. The van der Waals surface area contributed by atoms with Gasteiger partial charge in [0.25, 0.3) is 0 Å². The van der Waals surface area contributed by atoms with Gasteiger partial charge in [-0.15, -0.1) is 0 Å². The van der Waals surface area contributed by atoms with Crippen molar-refractivity contribution >= 4 is 15.9 Å². The molecular weight excluding hydrogens is 507 g/mol. The number of halogens is 3. The fourth-order valence-corrected chi connectivity index (χ4v) is 7.06. The summed E-state index contributed by atoms with van der Waals surface area (Å²) in [7, 11) is -3.25. The lowest BCUT2D eigenvalue weighted by Crippen LogP contribution is -2.54. The number of fused-ring (bicyclic) bond motifs is 2. The van der Waals surface area contributed by atoms with Crippen LogP contribution in [0, 0.1) is 0 Å². The molecule has 0 aromatic heterocycles. The first-order valence-electron chi connectivity index (χ1n) is 12.2. The monoisotopic (exact) mass is 539 g/mol. The Kier molecular flexibility index (Phi) is 7.21. The Morgan fingerprint density at radius 3 is 2.19 bits per heavy atom. The van der Waals surface area contributed by atoms with Gasteiger partial charge in [-0.05, 0) is 60.1 Å². The number of sulfonamides is 1. The van der Waals surface area contributed by atoms with Gasteiger partial charge in [0.15, 0.2) is 5.60 Å². The number of piperazine rings is 1. The van der Waals surface area contributed by atoms with Gasteiger partial charge < -0.3 is 10.8 Å². The number of hydrogen-bond acceptors (Lipinski definition) is 5. The number of aliphatic hydroxyl groups is 1. The molecule has 2 saturated heterocycles. The third-order valence-electron chi connectivity index (χ3n) is 7.52. The van der Waals surface area contributed by atoms with Gasteiger partial charge in [-0.3, -0.25) is 9.69 Å². The molecule has 2 aliphatic rings. The van der Waals surface area contributed by atoms with Crippen LogP contribution in [0.3, 0.4) is 0 Å². The van der Waals surface area contributed by atoms with E-state index >= 15 is 0 Å². The molecule has 7 nitrogen and oxygen atoms in total. The Morgan fingerprint density at radius 2 is 1.68 bits per heavy atom. The standard InChI is InChI=1S/C26H32F3N3O4S/c1-4-17-11-16(13-31-14-19-7-8-20(15-31)32(19)37(3,35)36)5-9-21(17)22-10-6-18(12-23(22)24(30)33)25(2,34)26(27,28)29/h5-6,9-12,19-20,34H,4,7-8,13-15H2,1-3H3,(H2,30,33). The number of alkyl halides is 3. The second kappa shape index (κ2) is 9.68. The molecule has 0 radical (unpaired) electrons. The summed E-state index contributed by atoms with van der Waals surface area (Å²) in [5, 5.41) is 10.1. The van der Waals surface area contributed by atoms with Crippen LogP contribution in [0.5, 0.6) is 0 Å². The molecule has 0 aliphatic carbocycles. The van der Waals surface area contributed by atoms with Crippen molar-refractivity contribution in [3.63, 3.8) is 0 Å². The fourth-order valence-electron chi connectivity index (χ4n) is 5.63. The van der Waals surface area contributed by atoms with Gasteiger partial charge in [0.1, 0.15) is 0 Å². The topological polar surface area (TPSA) is 104 Å². The summed E-state index contributed by atoms with van der Waals surface area (Å²) >= 11 is 0. The summed E-state index contributed by atoms with van der Waals surface area (Å²) in [6.45, 7) is 4.52. The van der Waals surface area contributed by atoms with Crippen LogP contribution in [0.4, 0.5) is 13.2 Å². The minimum Gasteiger partial charge on any atom is -0.376 e. The smallest absolute Gasteiger partial charge is 0.376 e. The van der Waals surface area contributed by atoms with E-state index in [1.54, 1.807) is 4.31 Å². The van der Waals surface area contributed by atoms with Crippen molar-refractivity contribution in [2.45, 2.75) is 63.5 Å². The molecule has 3 N–H and O–H groups in total. The number of carbonyl (C=O) groups is 1. The SMILES string of the molecule is CCc1cc(CN2CC3CCC(C2)N3S(C)(=O)=O)ccc1-c1ccc(C(C)(O)C(F)(F)F)cc1C(N)=O. The van der Waals surface area contributed by atoms with Crippen molar-refractivity contribution in [2.75, 3.05) is 19.3 Å². The molecule has 2 bridgehead atoms. The van der Waals surface area contributed by atoms with Gasteiger partial charge in [0.05, 0.1) is 6.26 Å². The lowest BCUT2D eigenvalue weighted by Gasteiger charge is -2.39. The lowest BCUT2D eigenvalue weighted by atomic mass is 9.87. The van der Waals surface area contributed by atoms with Crippen molar-refractivity contribution in [1.82, 2.24) is 9.21 Å². The number of amides is 1. The van der Waals surface area contributed by atoms with Crippen LogP contribution < -0.4 is 5.73 Å². The Morgan fingerprint density at radius 1 is 1.08 bits per heavy atom.